The molecule has 4 aromatic heterocycles. The van der Waals surface area contributed by atoms with E-state index in [0.717, 1.165) is 27.6 Å². The summed E-state index contributed by atoms with van der Waals surface area (Å²) in [7, 11) is 0. The summed E-state index contributed by atoms with van der Waals surface area (Å²) in [6.07, 6.45) is 6.65. The zero-order valence-electron chi connectivity index (χ0n) is 18.2. The molecule has 5 N–H and O–H groups in total. The summed E-state index contributed by atoms with van der Waals surface area (Å²) in [6.45, 7) is 2.24. The number of aryl methyl sites for hydroxylation is 1. The van der Waals surface area contributed by atoms with Crippen molar-refractivity contribution in [3.8, 4) is 28.5 Å². The van der Waals surface area contributed by atoms with Crippen LogP contribution in [0.5, 0.6) is 6.01 Å². The van der Waals surface area contributed by atoms with Gasteiger partial charge in [-0.2, -0.15) is 10.1 Å². The Morgan fingerprint density at radius 2 is 1.88 bits per heavy atom. The van der Waals surface area contributed by atoms with Crippen molar-refractivity contribution in [3.05, 3.63) is 78.0 Å². The average Bonchev–Trinajstić information content (AvgIpc) is 3.33. The quantitative estimate of drug-likeness (QED) is 0.354. The highest BCUT2D eigenvalue weighted by atomic mass is 16.5. The van der Waals surface area contributed by atoms with Gasteiger partial charge in [-0.25, -0.2) is 9.97 Å². The van der Waals surface area contributed by atoms with E-state index in [-0.39, 0.29) is 24.0 Å². The molecule has 0 spiro atoms. The number of nitrogen functional groups attached to an aromatic ring is 1. The molecule has 5 rings (SSSR count). The van der Waals surface area contributed by atoms with Crippen LogP contribution in [-0.4, -0.2) is 36.0 Å². The molecule has 0 atom stereocenters. The number of hydrogen-bond acceptors (Lipinski definition) is 8. The van der Waals surface area contributed by atoms with Crippen LogP contribution in [0.4, 0.5) is 5.69 Å². The molecule has 5 aromatic rings. The van der Waals surface area contributed by atoms with Crippen LogP contribution < -0.4 is 16.2 Å². The Bertz CT molecular complexity index is 1510. The van der Waals surface area contributed by atoms with Crippen molar-refractivity contribution in [3.63, 3.8) is 0 Å². The molecule has 1 aromatic carbocycles. The minimum Gasteiger partial charge on any atom is -0.459 e. The molecule has 10 nitrogen and oxygen atoms in total. The number of pyridine rings is 2. The molecule has 0 bridgehead atoms. The molecule has 0 unspecified atom stereocenters. The number of carbonyl (C=O) groups is 1. The third-order valence-electron chi connectivity index (χ3n) is 5.41. The summed E-state index contributed by atoms with van der Waals surface area (Å²) in [5, 5.41) is 7.96. The van der Waals surface area contributed by atoms with E-state index in [2.05, 4.69) is 30.1 Å². The number of nitrogens with two attached hydrogens (primary N) is 2. The normalized spacial score (nSPS) is 11.0. The second-order valence-corrected chi connectivity index (χ2v) is 7.64. The zero-order chi connectivity index (χ0) is 23.7. The lowest BCUT2D eigenvalue weighted by Crippen LogP contribution is -2.17. The zero-order valence-corrected chi connectivity index (χ0v) is 18.2. The van der Waals surface area contributed by atoms with Gasteiger partial charge in [0.25, 0.3) is 5.91 Å². The van der Waals surface area contributed by atoms with E-state index in [4.69, 9.17) is 16.2 Å². The number of aromatic nitrogens is 6. The summed E-state index contributed by atoms with van der Waals surface area (Å²) in [6, 6.07) is 11.2. The molecule has 0 fully saturated rings. The van der Waals surface area contributed by atoms with Gasteiger partial charge in [0, 0.05) is 29.5 Å². The minimum atomic E-state index is -0.735. The number of hydrogen-bond donors (Lipinski definition) is 3. The number of nitrogens with one attached hydrogen (secondary N) is 1. The summed E-state index contributed by atoms with van der Waals surface area (Å²) in [5.41, 5.74) is 17.2. The number of H-pyrrole nitrogens is 1. The number of primary amides is 1. The maximum absolute atomic E-state index is 12.2. The molecule has 0 aliphatic heterocycles. The lowest BCUT2D eigenvalue weighted by molar-refractivity contribution is 0.0996. The SMILES string of the molecule is Cc1ccc2[nH]ncc2c1-c1cc(-c2ccnc(OCc3ccncc3)n2)nc(C(N)=O)c1N. The Morgan fingerprint density at radius 1 is 1.06 bits per heavy atom. The maximum Gasteiger partial charge on any atom is 0.317 e. The van der Waals surface area contributed by atoms with Gasteiger partial charge in [-0.1, -0.05) is 6.07 Å². The average molecular weight is 452 g/mol. The smallest absolute Gasteiger partial charge is 0.317 e. The molecule has 0 aliphatic carbocycles. The van der Waals surface area contributed by atoms with Crippen LogP contribution in [0.1, 0.15) is 21.6 Å². The molecule has 34 heavy (non-hydrogen) atoms. The third kappa shape index (κ3) is 3.88. The van der Waals surface area contributed by atoms with Crippen molar-refractivity contribution in [2.45, 2.75) is 13.5 Å². The van der Waals surface area contributed by atoms with Crippen LogP contribution in [0.25, 0.3) is 33.4 Å². The van der Waals surface area contributed by atoms with Gasteiger partial charge in [0.1, 0.15) is 6.61 Å². The predicted octanol–water partition coefficient (Wildman–Crippen LogP) is 3.05. The first kappa shape index (κ1) is 21.0. The van der Waals surface area contributed by atoms with Crippen LogP contribution in [0, 0.1) is 6.92 Å². The number of carbonyl (C=O) groups excluding carboxylic acids is 1. The van der Waals surface area contributed by atoms with Gasteiger partial charge < -0.3 is 16.2 Å². The van der Waals surface area contributed by atoms with Crippen molar-refractivity contribution in [1.82, 2.24) is 30.1 Å². The van der Waals surface area contributed by atoms with Gasteiger partial charge in [0.05, 0.1) is 28.8 Å². The summed E-state index contributed by atoms with van der Waals surface area (Å²) in [4.78, 5) is 29.3. The predicted molar refractivity (Wildman–Crippen MR) is 127 cm³/mol. The summed E-state index contributed by atoms with van der Waals surface area (Å²) < 4.78 is 5.73. The van der Waals surface area contributed by atoms with Crippen LogP contribution in [0.2, 0.25) is 0 Å². The Morgan fingerprint density at radius 3 is 2.68 bits per heavy atom. The van der Waals surface area contributed by atoms with E-state index in [9.17, 15) is 4.79 Å². The number of benzene rings is 1. The number of aromatic amines is 1. The van der Waals surface area contributed by atoms with E-state index >= 15 is 0 Å². The molecular formula is C24H20N8O2. The number of rotatable bonds is 6. The Balaban J connectivity index is 1.60. The fourth-order valence-corrected chi connectivity index (χ4v) is 3.74. The standard InChI is InChI=1S/C24H20N8O2/c1-13-2-3-17-16(11-29-32-17)20(13)15-10-19(30-22(21(15)25)23(26)33)18-6-9-28-24(31-18)34-12-14-4-7-27-8-5-14/h2-11H,12,25H2,1H3,(H2,26,33)(H,29,32). The van der Waals surface area contributed by atoms with Crippen molar-refractivity contribution in [2.75, 3.05) is 5.73 Å². The van der Waals surface area contributed by atoms with Crippen molar-refractivity contribution < 1.29 is 9.53 Å². The Labute approximate surface area is 194 Å². The van der Waals surface area contributed by atoms with Gasteiger partial charge in [-0.05, 0) is 53.9 Å². The second-order valence-electron chi connectivity index (χ2n) is 7.64. The highest BCUT2D eigenvalue weighted by molar-refractivity contribution is 6.05. The topological polar surface area (TPSA) is 159 Å². The van der Waals surface area contributed by atoms with Gasteiger partial charge >= 0.3 is 6.01 Å². The highest BCUT2D eigenvalue weighted by Gasteiger charge is 2.20. The molecular weight excluding hydrogens is 432 g/mol. The number of fused-ring (bicyclic) bond motifs is 1. The van der Waals surface area contributed by atoms with Crippen LogP contribution >= 0.6 is 0 Å². The molecule has 1 amide bonds. The molecule has 168 valence electrons. The van der Waals surface area contributed by atoms with Crippen LogP contribution in [0.3, 0.4) is 0 Å². The molecule has 10 heteroatoms. The first-order chi connectivity index (χ1) is 16.5. The lowest BCUT2D eigenvalue weighted by atomic mass is 9.94. The number of amides is 1. The number of nitrogens with zero attached hydrogens (tertiary/aromatic N) is 5. The van der Waals surface area contributed by atoms with Gasteiger partial charge in [0.2, 0.25) is 0 Å². The van der Waals surface area contributed by atoms with E-state index in [1.807, 2.05) is 31.2 Å². The van der Waals surface area contributed by atoms with Crippen molar-refractivity contribution >= 4 is 22.5 Å². The second kappa shape index (κ2) is 8.58. The molecule has 0 radical (unpaired) electrons. The largest absolute Gasteiger partial charge is 0.459 e. The molecule has 0 aliphatic rings. The van der Waals surface area contributed by atoms with E-state index < -0.39 is 5.91 Å². The Kier molecular flexibility index (Phi) is 5.30. The highest BCUT2D eigenvalue weighted by Crippen LogP contribution is 2.37. The van der Waals surface area contributed by atoms with Crippen LogP contribution in [0.15, 0.2) is 61.2 Å². The van der Waals surface area contributed by atoms with Crippen molar-refractivity contribution in [1.29, 1.82) is 0 Å². The van der Waals surface area contributed by atoms with E-state index in [0.29, 0.717) is 17.0 Å². The van der Waals surface area contributed by atoms with Gasteiger partial charge in [0.15, 0.2) is 5.69 Å². The fraction of sp³-hybridized carbons (Fsp3) is 0.0833. The van der Waals surface area contributed by atoms with E-state index in [1.165, 1.54) is 0 Å². The van der Waals surface area contributed by atoms with Crippen molar-refractivity contribution in [2.24, 2.45) is 5.73 Å². The Hall–Kier alpha value is -4.86. The lowest BCUT2D eigenvalue weighted by Gasteiger charge is -2.15. The number of ether oxygens (including phenoxy) is 1. The van der Waals surface area contributed by atoms with Crippen LogP contribution in [-0.2, 0) is 6.61 Å². The number of anilines is 1. The monoisotopic (exact) mass is 452 g/mol. The van der Waals surface area contributed by atoms with Gasteiger partial charge in [-0.15, -0.1) is 0 Å². The maximum atomic E-state index is 12.2. The molecule has 0 saturated heterocycles. The van der Waals surface area contributed by atoms with Gasteiger partial charge in [-0.3, -0.25) is 14.9 Å². The molecule has 0 saturated carbocycles. The first-order valence-corrected chi connectivity index (χ1v) is 10.4. The molecule has 4 heterocycles. The third-order valence-corrected chi connectivity index (χ3v) is 5.41. The summed E-state index contributed by atoms with van der Waals surface area (Å²) in [5.74, 6) is -0.735. The summed E-state index contributed by atoms with van der Waals surface area (Å²) >= 11 is 0. The minimum absolute atomic E-state index is 0.0368. The first-order valence-electron chi connectivity index (χ1n) is 10.4. The fourth-order valence-electron chi connectivity index (χ4n) is 3.74. The van der Waals surface area contributed by atoms with E-state index in [1.54, 1.807) is 36.9 Å².